The molecule has 2 rings (SSSR count). The van der Waals surface area contributed by atoms with Crippen molar-refractivity contribution in [3.05, 3.63) is 28.8 Å². The molecule has 6 nitrogen and oxygen atoms in total. The van der Waals surface area contributed by atoms with Crippen molar-refractivity contribution in [2.45, 2.75) is 44.2 Å². The van der Waals surface area contributed by atoms with Gasteiger partial charge in [0, 0.05) is 18.8 Å². The van der Waals surface area contributed by atoms with E-state index in [1.54, 1.807) is 18.2 Å². The summed E-state index contributed by atoms with van der Waals surface area (Å²) in [6, 6.07) is 4.21. The molecule has 7 heteroatoms. The summed E-state index contributed by atoms with van der Waals surface area (Å²) in [6.45, 7) is 0.119. The van der Waals surface area contributed by atoms with Crippen molar-refractivity contribution in [2.24, 2.45) is 5.73 Å². The number of halogens is 1. The standard InChI is InChI=1S/C17H24ClN3O3/c1-24-10-15(19)17(23)21-12-7-8-14(18)13(9-12)16(22)20-11-5-3-2-4-6-11/h7-9,11,15H,2-6,10,19H2,1H3,(H,20,22)(H,21,23). The molecule has 0 aliphatic heterocycles. The molecule has 0 radical (unpaired) electrons. The van der Waals surface area contributed by atoms with Gasteiger partial charge in [-0.25, -0.2) is 0 Å². The van der Waals surface area contributed by atoms with Crippen molar-refractivity contribution < 1.29 is 14.3 Å². The topological polar surface area (TPSA) is 93.4 Å². The van der Waals surface area contributed by atoms with Crippen LogP contribution in [0.3, 0.4) is 0 Å². The molecule has 2 amide bonds. The molecule has 132 valence electrons. The van der Waals surface area contributed by atoms with E-state index in [1.165, 1.54) is 13.5 Å². The summed E-state index contributed by atoms with van der Waals surface area (Å²) in [7, 11) is 1.48. The number of methoxy groups -OCH3 is 1. The number of rotatable bonds is 6. The van der Waals surface area contributed by atoms with E-state index < -0.39 is 6.04 Å². The zero-order valence-corrected chi connectivity index (χ0v) is 14.6. The molecule has 24 heavy (non-hydrogen) atoms. The Hall–Kier alpha value is -1.63. The van der Waals surface area contributed by atoms with Crippen LogP contribution in [0.5, 0.6) is 0 Å². The molecule has 4 N–H and O–H groups in total. The number of anilines is 1. The van der Waals surface area contributed by atoms with E-state index in [2.05, 4.69) is 10.6 Å². The largest absolute Gasteiger partial charge is 0.383 e. The molecule has 1 aliphatic rings. The maximum Gasteiger partial charge on any atom is 0.253 e. The zero-order chi connectivity index (χ0) is 17.5. The average Bonchev–Trinajstić information content (AvgIpc) is 2.57. The normalized spacial score (nSPS) is 16.5. The molecule has 1 saturated carbocycles. The van der Waals surface area contributed by atoms with Crippen LogP contribution in [0.1, 0.15) is 42.5 Å². The number of hydrogen-bond acceptors (Lipinski definition) is 4. The fourth-order valence-electron chi connectivity index (χ4n) is 2.78. The lowest BCUT2D eigenvalue weighted by molar-refractivity contribution is -0.118. The molecule has 0 aromatic heterocycles. The van der Waals surface area contributed by atoms with Gasteiger partial charge in [0.2, 0.25) is 5.91 Å². The highest BCUT2D eigenvalue weighted by atomic mass is 35.5. The highest BCUT2D eigenvalue weighted by Gasteiger charge is 2.19. The van der Waals surface area contributed by atoms with Crippen molar-refractivity contribution in [3.8, 4) is 0 Å². The van der Waals surface area contributed by atoms with Gasteiger partial charge < -0.3 is 21.1 Å². The Morgan fingerprint density at radius 3 is 2.71 bits per heavy atom. The summed E-state index contributed by atoms with van der Waals surface area (Å²) in [4.78, 5) is 24.4. The highest BCUT2D eigenvalue weighted by Crippen LogP contribution is 2.23. The van der Waals surface area contributed by atoms with Crippen LogP contribution in [0.2, 0.25) is 5.02 Å². The van der Waals surface area contributed by atoms with Gasteiger partial charge in [-0.05, 0) is 31.0 Å². The van der Waals surface area contributed by atoms with Crippen molar-refractivity contribution in [1.29, 1.82) is 0 Å². The first kappa shape index (κ1) is 18.7. The van der Waals surface area contributed by atoms with Gasteiger partial charge in [-0.2, -0.15) is 0 Å². The summed E-state index contributed by atoms with van der Waals surface area (Å²) in [6.07, 6.45) is 5.46. The van der Waals surface area contributed by atoms with Gasteiger partial charge in [0.15, 0.2) is 0 Å². The van der Waals surface area contributed by atoms with E-state index in [0.717, 1.165) is 25.7 Å². The van der Waals surface area contributed by atoms with Gasteiger partial charge in [-0.1, -0.05) is 30.9 Å². The number of carbonyl (C=O) groups is 2. The first-order valence-electron chi connectivity index (χ1n) is 8.17. The first-order chi connectivity index (χ1) is 11.5. The van der Waals surface area contributed by atoms with Crippen LogP contribution in [0.15, 0.2) is 18.2 Å². The summed E-state index contributed by atoms with van der Waals surface area (Å²) in [5.74, 6) is -0.595. The number of ether oxygens (including phenoxy) is 1. The van der Waals surface area contributed by atoms with E-state index in [4.69, 9.17) is 22.1 Å². The van der Waals surface area contributed by atoms with Gasteiger partial charge in [0.05, 0.1) is 17.2 Å². The minimum Gasteiger partial charge on any atom is -0.383 e. The van der Waals surface area contributed by atoms with Gasteiger partial charge >= 0.3 is 0 Å². The lowest BCUT2D eigenvalue weighted by atomic mass is 9.95. The first-order valence-corrected chi connectivity index (χ1v) is 8.55. The van der Waals surface area contributed by atoms with Crippen LogP contribution in [-0.2, 0) is 9.53 Å². The molecule has 1 aromatic carbocycles. The van der Waals surface area contributed by atoms with Gasteiger partial charge in [0.1, 0.15) is 6.04 Å². The van der Waals surface area contributed by atoms with Crippen molar-refractivity contribution >= 4 is 29.1 Å². The lowest BCUT2D eigenvalue weighted by Crippen LogP contribution is -2.39. The van der Waals surface area contributed by atoms with Crippen LogP contribution >= 0.6 is 11.6 Å². The third kappa shape index (κ3) is 5.19. The van der Waals surface area contributed by atoms with Gasteiger partial charge in [-0.15, -0.1) is 0 Å². The second-order valence-corrected chi connectivity index (χ2v) is 6.46. The van der Waals surface area contributed by atoms with Crippen molar-refractivity contribution in [2.75, 3.05) is 19.0 Å². The van der Waals surface area contributed by atoms with Gasteiger partial charge in [0.25, 0.3) is 5.91 Å². The summed E-state index contributed by atoms with van der Waals surface area (Å²) in [5, 5.41) is 6.04. The smallest absolute Gasteiger partial charge is 0.253 e. The predicted octanol–water partition coefficient (Wildman–Crippen LogP) is 2.31. The quantitative estimate of drug-likeness (QED) is 0.731. The number of carbonyl (C=O) groups excluding carboxylic acids is 2. The Kier molecular flexibility index (Phi) is 7.02. The van der Waals surface area contributed by atoms with E-state index in [0.29, 0.717) is 16.3 Å². The predicted molar refractivity (Wildman–Crippen MR) is 94.3 cm³/mol. The third-order valence-corrected chi connectivity index (χ3v) is 4.43. The second kappa shape index (κ2) is 9.01. The maximum atomic E-state index is 12.5. The van der Waals surface area contributed by atoms with Crippen LogP contribution in [0, 0.1) is 0 Å². The number of nitrogens with two attached hydrogens (primary N) is 1. The number of amides is 2. The molecule has 1 aromatic rings. The molecule has 1 fully saturated rings. The molecule has 0 heterocycles. The van der Waals surface area contributed by atoms with Gasteiger partial charge in [-0.3, -0.25) is 9.59 Å². The number of nitrogens with one attached hydrogen (secondary N) is 2. The molecule has 0 saturated heterocycles. The summed E-state index contributed by atoms with van der Waals surface area (Å²) >= 11 is 6.14. The third-order valence-electron chi connectivity index (χ3n) is 4.10. The number of benzene rings is 1. The Morgan fingerprint density at radius 2 is 2.04 bits per heavy atom. The van der Waals surface area contributed by atoms with E-state index in [9.17, 15) is 9.59 Å². The van der Waals surface area contributed by atoms with Crippen LogP contribution < -0.4 is 16.4 Å². The van der Waals surface area contributed by atoms with Crippen LogP contribution in [0.4, 0.5) is 5.69 Å². The minimum atomic E-state index is -0.773. The molecule has 0 spiro atoms. The lowest BCUT2D eigenvalue weighted by Gasteiger charge is -2.23. The Bertz CT molecular complexity index is 588. The Morgan fingerprint density at radius 1 is 1.33 bits per heavy atom. The zero-order valence-electron chi connectivity index (χ0n) is 13.8. The van der Waals surface area contributed by atoms with Crippen molar-refractivity contribution in [1.82, 2.24) is 5.32 Å². The van der Waals surface area contributed by atoms with Crippen LogP contribution in [0.25, 0.3) is 0 Å². The fourth-order valence-corrected chi connectivity index (χ4v) is 2.98. The summed E-state index contributed by atoms with van der Waals surface area (Å²) in [5.41, 5.74) is 6.51. The van der Waals surface area contributed by atoms with Crippen LogP contribution in [-0.4, -0.2) is 37.6 Å². The molecule has 0 bridgehead atoms. The minimum absolute atomic E-state index is 0.119. The molecule has 1 aliphatic carbocycles. The Balaban J connectivity index is 2.04. The highest BCUT2D eigenvalue weighted by molar-refractivity contribution is 6.34. The SMILES string of the molecule is COCC(N)C(=O)Nc1ccc(Cl)c(C(=O)NC2CCCCC2)c1. The Labute approximate surface area is 147 Å². The van der Waals surface area contributed by atoms with E-state index in [-0.39, 0.29) is 24.5 Å². The maximum absolute atomic E-state index is 12.5. The average molecular weight is 354 g/mol. The monoisotopic (exact) mass is 353 g/mol. The molecular formula is C17H24ClN3O3. The van der Waals surface area contributed by atoms with E-state index in [1.807, 2.05) is 0 Å². The summed E-state index contributed by atoms with van der Waals surface area (Å²) < 4.78 is 4.86. The molecule has 1 unspecified atom stereocenters. The molecule has 1 atom stereocenters. The molecular weight excluding hydrogens is 330 g/mol. The fraction of sp³-hybridized carbons (Fsp3) is 0.529. The second-order valence-electron chi connectivity index (χ2n) is 6.05. The van der Waals surface area contributed by atoms with E-state index >= 15 is 0 Å². The van der Waals surface area contributed by atoms with Crippen molar-refractivity contribution in [3.63, 3.8) is 0 Å². The number of hydrogen-bond donors (Lipinski definition) is 3.